The van der Waals surface area contributed by atoms with Gasteiger partial charge in [-0.25, -0.2) is 4.68 Å². The third kappa shape index (κ3) is 5.94. The summed E-state index contributed by atoms with van der Waals surface area (Å²) in [5.74, 6) is -0.634. The Bertz CT molecular complexity index is 1090. The number of carbonyl (C=O) groups is 2. The fourth-order valence-electron chi connectivity index (χ4n) is 2.72. The van der Waals surface area contributed by atoms with E-state index in [1.165, 1.54) is 30.5 Å². The maximum atomic E-state index is 12.7. The molecule has 0 unspecified atom stereocenters. The molecule has 1 aromatic heterocycles. The molecule has 0 aliphatic carbocycles. The lowest BCUT2D eigenvalue weighted by molar-refractivity contribution is -0.141. The molecule has 2 N–H and O–H groups in total. The molecule has 10 heteroatoms. The van der Waals surface area contributed by atoms with E-state index in [2.05, 4.69) is 31.7 Å². The molecule has 0 atom stereocenters. The Balaban J connectivity index is 1.52. The average molecular weight is 495 g/mol. The number of alkyl halides is 3. The normalized spacial score (nSPS) is 11.3. The Kier molecular flexibility index (Phi) is 6.79. The Hall–Kier alpha value is -3.14. The number of nitrogens with one attached hydrogen (secondary N) is 2. The Morgan fingerprint density at radius 1 is 1.10 bits per heavy atom. The SMILES string of the molecule is Cc1ccc(Br)cc1NC(=O)CCNC(=O)c1ccc(-n2ccc(C(F)(F)F)n2)cc1. The van der Waals surface area contributed by atoms with Crippen LogP contribution in [0.5, 0.6) is 0 Å². The number of aryl methyl sites for hydroxylation is 1. The van der Waals surface area contributed by atoms with E-state index in [9.17, 15) is 22.8 Å². The summed E-state index contributed by atoms with van der Waals surface area (Å²) in [7, 11) is 0. The fourth-order valence-corrected chi connectivity index (χ4v) is 3.08. The number of carbonyl (C=O) groups excluding carboxylic acids is 2. The van der Waals surface area contributed by atoms with Crippen molar-refractivity contribution < 1.29 is 22.8 Å². The number of nitrogens with zero attached hydrogens (tertiary/aromatic N) is 2. The molecule has 0 saturated carbocycles. The Morgan fingerprint density at radius 2 is 1.81 bits per heavy atom. The van der Waals surface area contributed by atoms with E-state index in [0.717, 1.165) is 20.8 Å². The smallest absolute Gasteiger partial charge is 0.352 e. The van der Waals surface area contributed by atoms with Gasteiger partial charge in [-0.05, 0) is 55.0 Å². The van der Waals surface area contributed by atoms with Gasteiger partial charge in [0.2, 0.25) is 5.91 Å². The van der Waals surface area contributed by atoms with E-state index in [1.807, 2.05) is 19.1 Å². The van der Waals surface area contributed by atoms with Crippen LogP contribution in [0, 0.1) is 6.92 Å². The lowest BCUT2D eigenvalue weighted by atomic mass is 10.2. The van der Waals surface area contributed by atoms with Gasteiger partial charge in [-0.2, -0.15) is 18.3 Å². The number of aromatic nitrogens is 2. The predicted molar refractivity (Wildman–Crippen MR) is 113 cm³/mol. The average Bonchev–Trinajstić information content (AvgIpc) is 3.21. The quantitative estimate of drug-likeness (QED) is 0.520. The maximum Gasteiger partial charge on any atom is 0.435 e. The van der Waals surface area contributed by atoms with Gasteiger partial charge in [0.15, 0.2) is 5.69 Å². The highest BCUT2D eigenvalue weighted by atomic mass is 79.9. The molecule has 162 valence electrons. The summed E-state index contributed by atoms with van der Waals surface area (Å²) in [6.07, 6.45) is -3.24. The van der Waals surface area contributed by atoms with Crippen LogP contribution in [0.4, 0.5) is 18.9 Å². The second-order valence-electron chi connectivity index (χ2n) is 6.70. The zero-order valence-electron chi connectivity index (χ0n) is 16.3. The first-order chi connectivity index (χ1) is 14.6. The van der Waals surface area contributed by atoms with Gasteiger partial charge in [0.05, 0.1) is 5.69 Å². The third-order valence-electron chi connectivity index (χ3n) is 4.38. The van der Waals surface area contributed by atoms with Crippen molar-refractivity contribution in [2.75, 3.05) is 11.9 Å². The van der Waals surface area contributed by atoms with Crippen LogP contribution < -0.4 is 10.6 Å². The molecular formula is C21H18BrF3N4O2. The summed E-state index contributed by atoms with van der Waals surface area (Å²) in [5, 5.41) is 8.92. The molecule has 0 aliphatic heterocycles. The van der Waals surface area contributed by atoms with Crippen molar-refractivity contribution in [3.8, 4) is 5.69 Å². The van der Waals surface area contributed by atoms with Crippen molar-refractivity contribution >= 4 is 33.4 Å². The molecule has 2 amide bonds. The van der Waals surface area contributed by atoms with E-state index >= 15 is 0 Å². The van der Waals surface area contributed by atoms with Crippen molar-refractivity contribution in [2.24, 2.45) is 0 Å². The fraction of sp³-hybridized carbons (Fsp3) is 0.190. The number of hydrogen-bond donors (Lipinski definition) is 2. The van der Waals surface area contributed by atoms with E-state index < -0.39 is 17.8 Å². The van der Waals surface area contributed by atoms with Gasteiger partial charge < -0.3 is 10.6 Å². The highest BCUT2D eigenvalue weighted by Gasteiger charge is 2.33. The molecule has 0 bridgehead atoms. The molecule has 31 heavy (non-hydrogen) atoms. The molecule has 0 spiro atoms. The largest absolute Gasteiger partial charge is 0.435 e. The van der Waals surface area contributed by atoms with Gasteiger partial charge in [0.25, 0.3) is 5.91 Å². The lowest BCUT2D eigenvalue weighted by Gasteiger charge is -2.10. The standard InChI is InChI=1S/C21H18BrF3N4O2/c1-13-2-5-15(22)12-17(13)27-19(30)8-10-26-20(31)14-3-6-16(7-4-14)29-11-9-18(28-29)21(23,24)25/h2-7,9,11-12H,8,10H2,1H3,(H,26,31)(H,27,30). The van der Waals surface area contributed by atoms with Gasteiger partial charge in [-0.15, -0.1) is 0 Å². The summed E-state index contributed by atoms with van der Waals surface area (Å²) >= 11 is 3.35. The minimum atomic E-state index is -4.52. The number of rotatable bonds is 6. The molecule has 6 nitrogen and oxygen atoms in total. The number of hydrogen-bond acceptors (Lipinski definition) is 3. The van der Waals surface area contributed by atoms with Gasteiger partial charge in [0.1, 0.15) is 0 Å². The minimum Gasteiger partial charge on any atom is -0.352 e. The van der Waals surface area contributed by atoms with Gasteiger partial charge >= 0.3 is 6.18 Å². The number of halogens is 4. The first-order valence-electron chi connectivity index (χ1n) is 9.21. The molecule has 0 radical (unpaired) electrons. The molecule has 0 saturated heterocycles. The second-order valence-corrected chi connectivity index (χ2v) is 7.62. The maximum absolute atomic E-state index is 12.7. The lowest BCUT2D eigenvalue weighted by Crippen LogP contribution is -2.27. The first-order valence-corrected chi connectivity index (χ1v) is 10.0. The van der Waals surface area contributed by atoms with Crippen molar-refractivity contribution in [3.63, 3.8) is 0 Å². The predicted octanol–water partition coefficient (Wildman–Crippen LogP) is 4.72. The molecular weight excluding hydrogens is 477 g/mol. The molecule has 1 heterocycles. The molecule has 0 fully saturated rings. The number of amides is 2. The monoisotopic (exact) mass is 494 g/mol. The van der Waals surface area contributed by atoms with Gasteiger partial charge in [-0.1, -0.05) is 22.0 Å². The number of anilines is 1. The summed E-state index contributed by atoms with van der Waals surface area (Å²) in [6.45, 7) is 2.01. The van der Waals surface area contributed by atoms with Crippen LogP contribution in [-0.2, 0) is 11.0 Å². The molecule has 2 aromatic carbocycles. The summed E-state index contributed by atoms with van der Waals surface area (Å²) in [6, 6.07) is 12.4. The molecule has 3 rings (SSSR count). The van der Waals surface area contributed by atoms with Gasteiger partial charge in [-0.3, -0.25) is 9.59 Å². The summed E-state index contributed by atoms with van der Waals surface area (Å²) in [5.41, 5.74) is 1.31. The van der Waals surface area contributed by atoms with Crippen LogP contribution in [0.15, 0.2) is 59.2 Å². The zero-order chi connectivity index (χ0) is 22.6. The van der Waals surface area contributed by atoms with E-state index in [0.29, 0.717) is 16.9 Å². The molecule has 0 aliphatic rings. The van der Waals surface area contributed by atoms with Crippen molar-refractivity contribution in [1.29, 1.82) is 0 Å². The first kappa shape index (κ1) is 22.5. The second kappa shape index (κ2) is 9.34. The van der Waals surface area contributed by atoms with E-state index in [4.69, 9.17) is 0 Å². The Labute approximate surface area is 184 Å². The van der Waals surface area contributed by atoms with Crippen LogP contribution >= 0.6 is 15.9 Å². The van der Waals surface area contributed by atoms with Crippen LogP contribution in [0.25, 0.3) is 5.69 Å². The van der Waals surface area contributed by atoms with Crippen LogP contribution in [0.2, 0.25) is 0 Å². The van der Waals surface area contributed by atoms with Gasteiger partial charge in [0, 0.05) is 34.9 Å². The van der Waals surface area contributed by atoms with Crippen LogP contribution in [0.3, 0.4) is 0 Å². The Morgan fingerprint density at radius 3 is 2.45 bits per heavy atom. The van der Waals surface area contributed by atoms with Crippen LogP contribution in [0.1, 0.15) is 28.0 Å². The highest BCUT2D eigenvalue weighted by molar-refractivity contribution is 9.10. The third-order valence-corrected chi connectivity index (χ3v) is 4.88. The van der Waals surface area contributed by atoms with Crippen molar-refractivity contribution in [3.05, 3.63) is 76.0 Å². The number of benzene rings is 2. The van der Waals surface area contributed by atoms with E-state index in [-0.39, 0.29) is 18.9 Å². The van der Waals surface area contributed by atoms with E-state index in [1.54, 1.807) is 6.07 Å². The highest BCUT2D eigenvalue weighted by Crippen LogP contribution is 2.28. The van der Waals surface area contributed by atoms with Crippen molar-refractivity contribution in [2.45, 2.75) is 19.5 Å². The minimum absolute atomic E-state index is 0.0866. The molecule has 3 aromatic rings. The van der Waals surface area contributed by atoms with Crippen LogP contribution in [-0.4, -0.2) is 28.1 Å². The summed E-state index contributed by atoms with van der Waals surface area (Å²) < 4.78 is 39.9. The topological polar surface area (TPSA) is 76.0 Å². The summed E-state index contributed by atoms with van der Waals surface area (Å²) in [4.78, 5) is 24.3. The zero-order valence-corrected chi connectivity index (χ0v) is 17.9. The van der Waals surface area contributed by atoms with Crippen molar-refractivity contribution in [1.82, 2.24) is 15.1 Å².